The molecule has 0 saturated carbocycles. The molecule has 6 nitrogen and oxygen atoms in total. The van der Waals surface area contributed by atoms with Crippen LogP contribution in [0.15, 0.2) is 18.3 Å². The van der Waals surface area contributed by atoms with Gasteiger partial charge in [0.2, 0.25) is 5.91 Å². The number of carbonyl (C=O) groups excluding carboxylic acids is 1. The molecule has 1 atom stereocenters. The number of aromatic nitrogens is 1. The van der Waals surface area contributed by atoms with Crippen molar-refractivity contribution in [2.24, 2.45) is 11.7 Å². The fourth-order valence-electron chi connectivity index (χ4n) is 1.34. The lowest BCUT2D eigenvalue weighted by atomic mass is 10.0. The Morgan fingerprint density at radius 3 is 2.59 bits per heavy atom. The smallest absolute Gasteiger partial charge is 0.326 e. The maximum atomic E-state index is 11.0. The minimum Gasteiger partial charge on any atom is -0.480 e. The number of nitrogens with one attached hydrogen (secondary N) is 1. The summed E-state index contributed by atoms with van der Waals surface area (Å²) in [6.07, 6.45) is 1.40. The number of nitrogens with zero attached hydrogens (tertiary/aromatic N) is 1. The third-order valence-corrected chi connectivity index (χ3v) is 2.28. The molecular formula is C11H15N3O3. The molecule has 1 amide bonds. The molecule has 1 rings (SSSR count). The second kappa shape index (κ2) is 5.29. The average molecular weight is 237 g/mol. The number of carboxylic acids is 1. The first-order valence-electron chi connectivity index (χ1n) is 5.17. The third-order valence-electron chi connectivity index (χ3n) is 2.28. The number of rotatable bonds is 5. The molecular weight excluding hydrogens is 222 g/mol. The number of hydrogen-bond donors (Lipinski definition) is 3. The van der Waals surface area contributed by atoms with Crippen LogP contribution in [0.3, 0.4) is 0 Å². The molecule has 0 radical (unpaired) electrons. The van der Waals surface area contributed by atoms with Crippen molar-refractivity contribution in [3.05, 3.63) is 23.9 Å². The monoisotopic (exact) mass is 237 g/mol. The van der Waals surface area contributed by atoms with Gasteiger partial charge in [-0.15, -0.1) is 0 Å². The van der Waals surface area contributed by atoms with Crippen LogP contribution in [0.5, 0.6) is 0 Å². The molecule has 1 aromatic heterocycles. The lowest BCUT2D eigenvalue weighted by Crippen LogP contribution is -2.34. The molecule has 1 unspecified atom stereocenters. The average Bonchev–Trinajstić information content (AvgIpc) is 2.25. The molecule has 6 heteroatoms. The van der Waals surface area contributed by atoms with E-state index in [0.717, 1.165) is 0 Å². The predicted molar refractivity (Wildman–Crippen MR) is 62.6 cm³/mol. The quantitative estimate of drug-likeness (QED) is 0.699. The zero-order chi connectivity index (χ0) is 13.0. The zero-order valence-electron chi connectivity index (χ0n) is 9.68. The SMILES string of the molecule is CC(C)C(Nc1cc(C(N)=O)ccn1)C(=O)O. The first kappa shape index (κ1) is 13.0. The number of primary amides is 1. The van der Waals surface area contributed by atoms with Crippen LogP contribution >= 0.6 is 0 Å². The van der Waals surface area contributed by atoms with E-state index < -0.39 is 17.9 Å². The van der Waals surface area contributed by atoms with Crippen LogP contribution in [0.2, 0.25) is 0 Å². The summed E-state index contributed by atoms with van der Waals surface area (Å²) in [5, 5.41) is 11.8. The summed E-state index contributed by atoms with van der Waals surface area (Å²) in [5.74, 6) is -1.33. The van der Waals surface area contributed by atoms with Gasteiger partial charge >= 0.3 is 5.97 Å². The minimum atomic E-state index is -0.966. The standard InChI is InChI=1S/C11H15N3O3/c1-6(2)9(11(16)17)14-8-5-7(10(12)15)3-4-13-8/h3-6,9H,1-2H3,(H2,12,15)(H,13,14)(H,16,17). The van der Waals surface area contributed by atoms with Gasteiger partial charge in [0.25, 0.3) is 0 Å². The van der Waals surface area contributed by atoms with E-state index in [9.17, 15) is 9.59 Å². The number of pyridine rings is 1. The molecule has 0 aliphatic rings. The van der Waals surface area contributed by atoms with Crippen LogP contribution in [-0.2, 0) is 4.79 Å². The normalized spacial score (nSPS) is 12.2. The third kappa shape index (κ3) is 3.44. The Morgan fingerprint density at radius 2 is 2.12 bits per heavy atom. The second-order valence-electron chi connectivity index (χ2n) is 4.00. The molecule has 92 valence electrons. The Morgan fingerprint density at radius 1 is 1.47 bits per heavy atom. The van der Waals surface area contributed by atoms with Gasteiger partial charge in [0, 0.05) is 11.8 Å². The number of hydrogen-bond acceptors (Lipinski definition) is 4. The second-order valence-corrected chi connectivity index (χ2v) is 4.00. The van der Waals surface area contributed by atoms with Crippen molar-refractivity contribution in [3.63, 3.8) is 0 Å². The van der Waals surface area contributed by atoms with Gasteiger partial charge in [-0.2, -0.15) is 0 Å². The van der Waals surface area contributed by atoms with Gasteiger partial charge < -0.3 is 16.2 Å². The summed E-state index contributed by atoms with van der Waals surface area (Å²) < 4.78 is 0. The maximum Gasteiger partial charge on any atom is 0.326 e. The van der Waals surface area contributed by atoms with Crippen molar-refractivity contribution < 1.29 is 14.7 Å². The van der Waals surface area contributed by atoms with Gasteiger partial charge in [0.05, 0.1) is 0 Å². The topological polar surface area (TPSA) is 105 Å². The first-order valence-corrected chi connectivity index (χ1v) is 5.17. The Hall–Kier alpha value is -2.11. The van der Waals surface area contributed by atoms with Crippen molar-refractivity contribution >= 4 is 17.7 Å². The van der Waals surface area contributed by atoms with Crippen molar-refractivity contribution in [3.8, 4) is 0 Å². The summed E-state index contributed by atoms with van der Waals surface area (Å²) in [6, 6.07) is 2.14. The number of nitrogens with two attached hydrogens (primary N) is 1. The van der Waals surface area contributed by atoms with Crippen LogP contribution < -0.4 is 11.1 Å². The minimum absolute atomic E-state index is 0.105. The molecule has 1 aromatic rings. The Balaban J connectivity index is 2.90. The number of carboxylic acid groups (broad SMARTS) is 1. The van der Waals surface area contributed by atoms with Crippen molar-refractivity contribution in [2.75, 3.05) is 5.32 Å². The fourth-order valence-corrected chi connectivity index (χ4v) is 1.34. The number of carbonyl (C=O) groups is 2. The van der Waals surface area contributed by atoms with Crippen LogP contribution in [-0.4, -0.2) is 28.0 Å². The summed E-state index contributed by atoms with van der Waals surface area (Å²) in [6.45, 7) is 3.56. The van der Waals surface area contributed by atoms with Crippen molar-refractivity contribution in [1.82, 2.24) is 4.98 Å². The largest absolute Gasteiger partial charge is 0.480 e. The predicted octanol–water partition coefficient (Wildman–Crippen LogP) is 0.702. The number of amides is 1. The van der Waals surface area contributed by atoms with Crippen LogP contribution in [0, 0.1) is 5.92 Å². The molecule has 0 spiro atoms. The Kier molecular flexibility index (Phi) is 4.03. The van der Waals surface area contributed by atoms with Gasteiger partial charge in [0.1, 0.15) is 11.9 Å². The summed E-state index contributed by atoms with van der Waals surface area (Å²) >= 11 is 0. The summed E-state index contributed by atoms with van der Waals surface area (Å²) in [4.78, 5) is 25.9. The molecule has 1 heterocycles. The highest BCUT2D eigenvalue weighted by atomic mass is 16.4. The van der Waals surface area contributed by atoms with Crippen molar-refractivity contribution in [1.29, 1.82) is 0 Å². The van der Waals surface area contributed by atoms with E-state index in [-0.39, 0.29) is 11.5 Å². The van der Waals surface area contributed by atoms with Gasteiger partial charge in [-0.3, -0.25) is 4.79 Å². The van der Waals surface area contributed by atoms with Gasteiger partial charge in [-0.05, 0) is 18.1 Å². The molecule has 0 fully saturated rings. The van der Waals surface area contributed by atoms with E-state index in [2.05, 4.69) is 10.3 Å². The molecule has 0 aromatic carbocycles. The first-order chi connectivity index (χ1) is 7.91. The molecule has 0 saturated heterocycles. The molecule has 0 aliphatic heterocycles. The van der Waals surface area contributed by atoms with E-state index >= 15 is 0 Å². The number of aliphatic carboxylic acids is 1. The molecule has 0 aliphatic carbocycles. The Labute approximate surface area is 98.8 Å². The lowest BCUT2D eigenvalue weighted by Gasteiger charge is -2.18. The van der Waals surface area contributed by atoms with E-state index in [1.54, 1.807) is 13.8 Å². The molecule has 17 heavy (non-hydrogen) atoms. The molecule has 0 bridgehead atoms. The van der Waals surface area contributed by atoms with E-state index in [1.165, 1.54) is 18.3 Å². The highest BCUT2D eigenvalue weighted by Gasteiger charge is 2.21. The van der Waals surface area contributed by atoms with Crippen LogP contribution in [0.4, 0.5) is 5.82 Å². The lowest BCUT2D eigenvalue weighted by molar-refractivity contribution is -0.138. The molecule has 4 N–H and O–H groups in total. The maximum absolute atomic E-state index is 11.0. The zero-order valence-corrected chi connectivity index (χ0v) is 9.68. The summed E-state index contributed by atoms with van der Waals surface area (Å²) in [5.41, 5.74) is 5.41. The van der Waals surface area contributed by atoms with E-state index in [4.69, 9.17) is 10.8 Å². The number of anilines is 1. The van der Waals surface area contributed by atoms with Crippen LogP contribution in [0.25, 0.3) is 0 Å². The summed E-state index contributed by atoms with van der Waals surface area (Å²) in [7, 11) is 0. The van der Waals surface area contributed by atoms with Gasteiger partial charge in [-0.25, -0.2) is 9.78 Å². The van der Waals surface area contributed by atoms with E-state index in [1.807, 2.05) is 0 Å². The highest BCUT2D eigenvalue weighted by Crippen LogP contribution is 2.12. The Bertz CT molecular complexity index is 432. The highest BCUT2D eigenvalue weighted by molar-refractivity contribution is 5.93. The fraction of sp³-hybridized carbons (Fsp3) is 0.364. The van der Waals surface area contributed by atoms with Gasteiger partial charge in [0.15, 0.2) is 0 Å². The van der Waals surface area contributed by atoms with Crippen molar-refractivity contribution in [2.45, 2.75) is 19.9 Å². The van der Waals surface area contributed by atoms with E-state index in [0.29, 0.717) is 5.82 Å². The van der Waals surface area contributed by atoms with Gasteiger partial charge in [-0.1, -0.05) is 13.8 Å². The van der Waals surface area contributed by atoms with Crippen LogP contribution in [0.1, 0.15) is 24.2 Å².